The molecule has 4 aromatic rings. The summed E-state index contributed by atoms with van der Waals surface area (Å²) < 4.78 is 11.9. The van der Waals surface area contributed by atoms with E-state index in [2.05, 4.69) is 26.2 Å². The Balaban J connectivity index is 1.87. The Bertz CT molecular complexity index is 1130. The molecule has 0 aliphatic rings. The van der Waals surface area contributed by atoms with Crippen LogP contribution in [0.4, 0.5) is 11.6 Å². The molecule has 28 heavy (non-hydrogen) atoms. The van der Waals surface area contributed by atoms with Gasteiger partial charge in [-0.25, -0.2) is 9.97 Å². The lowest BCUT2D eigenvalue weighted by Gasteiger charge is -2.15. The first kappa shape index (κ1) is 18.3. The third-order valence-corrected chi connectivity index (χ3v) is 4.85. The van der Waals surface area contributed by atoms with Crippen LogP contribution >= 0.6 is 15.9 Å². The second-order valence-electron chi connectivity index (χ2n) is 6.09. The predicted molar refractivity (Wildman–Crippen MR) is 116 cm³/mol. The van der Waals surface area contributed by atoms with Crippen LogP contribution in [0, 0.1) is 0 Å². The van der Waals surface area contributed by atoms with Gasteiger partial charge in [0.15, 0.2) is 11.5 Å². The highest BCUT2D eigenvalue weighted by Gasteiger charge is 2.14. The van der Waals surface area contributed by atoms with Gasteiger partial charge in [-0.3, -0.25) is 0 Å². The summed E-state index contributed by atoms with van der Waals surface area (Å²) in [5.41, 5.74) is 3.46. The zero-order valence-electron chi connectivity index (χ0n) is 15.4. The SMILES string of the molecule is COc1cccc(Nc2nc(-c3ccccc3)c3cc(Br)ccc3n2)c1OC. The number of hydrogen-bond donors (Lipinski definition) is 1. The van der Waals surface area contributed by atoms with Gasteiger partial charge in [0.05, 0.1) is 31.1 Å². The van der Waals surface area contributed by atoms with Gasteiger partial charge in [0.1, 0.15) is 0 Å². The predicted octanol–water partition coefficient (Wildman–Crippen LogP) is 5.82. The summed E-state index contributed by atoms with van der Waals surface area (Å²) in [6.07, 6.45) is 0. The van der Waals surface area contributed by atoms with Gasteiger partial charge in [0.2, 0.25) is 5.95 Å². The first-order valence-electron chi connectivity index (χ1n) is 8.70. The fourth-order valence-corrected chi connectivity index (χ4v) is 3.44. The Morgan fingerprint density at radius 1 is 0.857 bits per heavy atom. The van der Waals surface area contributed by atoms with E-state index in [1.807, 2.05) is 66.7 Å². The van der Waals surface area contributed by atoms with Crippen molar-refractivity contribution < 1.29 is 9.47 Å². The van der Waals surface area contributed by atoms with Crippen molar-refractivity contribution in [2.45, 2.75) is 0 Å². The number of methoxy groups -OCH3 is 2. The molecule has 1 N–H and O–H groups in total. The Morgan fingerprint density at radius 2 is 1.68 bits per heavy atom. The third kappa shape index (κ3) is 3.51. The maximum atomic E-state index is 5.51. The fourth-order valence-electron chi connectivity index (χ4n) is 3.08. The Hall–Kier alpha value is -3.12. The maximum Gasteiger partial charge on any atom is 0.228 e. The lowest BCUT2D eigenvalue weighted by atomic mass is 10.1. The van der Waals surface area contributed by atoms with E-state index in [0.717, 1.165) is 32.3 Å². The number of ether oxygens (including phenoxy) is 2. The minimum atomic E-state index is 0.486. The van der Waals surface area contributed by atoms with Gasteiger partial charge in [-0.15, -0.1) is 0 Å². The smallest absolute Gasteiger partial charge is 0.228 e. The number of aromatic nitrogens is 2. The van der Waals surface area contributed by atoms with Gasteiger partial charge in [-0.1, -0.05) is 52.3 Å². The number of nitrogens with zero attached hydrogens (tertiary/aromatic N) is 2. The lowest BCUT2D eigenvalue weighted by Crippen LogP contribution is -2.02. The molecule has 0 aliphatic heterocycles. The molecule has 3 aromatic carbocycles. The average Bonchev–Trinajstić information content (AvgIpc) is 2.74. The molecule has 0 spiro atoms. The Labute approximate surface area is 171 Å². The molecule has 140 valence electrons. The standard InChI is InChI=1S/C22H18BrN3O2/c1-27-19-10-6-9-18(21(19)28-2)25-22-24-17-12-11-15(23)13-16(17)20(26-22)14-7-4-3-5-8-14/h3-13H,1-2H3,(H,24,25,26). The van der Waals surface area contributed by atoms with E-state index >= 15 is 0 Å². The molecule has 0 saturated carbocycles. The first-order valence-corrected chi connectivity index (χ1v) is 9.49. The number of para-hydroxylation sites is 1. The van der Waals surface area contributed by atoms with E-state index in [9.17, 15) is 0 Å². The van der Waals surface area contributed by atoms with E-state index in [4.69, 9.17) is 14.5 Å². The molecule has 0 unspecified atom stereocenters. The zero-order chi connectivity index (χ0) is 19.5. The summed E-state index contributed by atoms with van der Waals surface area (Å²) in [6.45, 7) is 0. The van der Waals surface area contributed by atoms with E-state index in [-0.39, 0.29) is 0 Å². The summed E-state index contributed by atoms with van der Waals surface area (Å²) >= 11 is 3.54. The summed E-state index contributed by atoms with van der Waals surface area (Å²) in [6, 6.07) is 21.7. The van der Waals surface area contributed by atoms with Crippen molar-refractivity contribution in [3.8, 4) is 22.8 Å². The molecule has 0 bridgehead atoms. The van der Waals surface area contributed by atoms with Crippen LogP contribution in [0.5, 0.6) is 11.5 Å². The molecule has 1 heterocycles. The second kappa shape index (κ2) is 7.86. The molecule has 0 radical (unpaired) electrons. The molecule has 0 saturated heterocycles. The molecule has 0 atom stereocenters. The van der Waals surface area contributed by atoms with Crippen LogP contribution in [-0.2, 0) is 0 Å². The van der Waals surface area contributed by atoms with Crippen molar-refractivity contribution in [3.05, 3.63) is 71.2 Å². The number of rotatable bonds is 5. The summed E-state index contributed by atoms with van der Waals surface area (Å²) in [7, 11) is 3.22. The van der Waals surface area contributed by atoms with Gasteiger partial charge >= 0.3 is 0 Å². The highest BCUT2D eigenvalue weighted by atomic mass is 79.9. The van der Waals surface area contributed by atoms with Crippen LogP contribution in [0.15, 0.2) is 71.2 Å². The van der Waals surface area contributed by atoms with Crippen molar-refractivity contribution in [1.29, 1.82) is 0 Å². The highest BCUT2D eigenvalue weighted by molar-refractivity contribution is 9.10. The first-order chi connectivity index (χ1) is 13.7. The van der Waals surface area contributed by atoms with Crippen molar-refractivity contribution in [3.63, 3.8) is 0 Å². The van der Waals surface area contributed by atoms with Gasteiger partial charge in [0, 0.05) is 15.4 Å². The van der Waals surface area contributed by atoms with E-state index in [0.29, 0.717) is 17.4 Å². The molecule has 5 nitrogen and oxygen atoms in total. The molecule has 0 fully saturated rings. The molecule has 0 amide bonds. The molecule has 1 aromatic heterocycles. The second-order valence-corrected chi connectivity index (χ2v) is 7.01. The van der Waals surface area contributed by atoms with Crippen molar-refractivity contribution >= 4 is 38.5 Å². The van der Waals surface area contributed by atoms with Crippen LogP contribution < -0.4 is 14.8 Å². The molecule has 4 rings (SSSR count). The number of hydrogen-bond acceptors (Lipinski definition) is 5. The minimum absolute atomic E-state index is 0.486. The van der Waals surface area contributed by atoms with Crippen molar-refractivity contribution in [2.24, 2.45) is 0 Å². The third-order valence-electron chi connectivity index (χ3n) is 4.35. The largest absolute Gasteiger partial charge is 0.493 e. The number of fused-ring (bicyclic) bond motifs is 1. The maximum absolute atomic E-state index is 5.51. The summed E-state index contributed by atoms with van der Waals surface area (Å²) in [4.78, 5) is 9.49. The van der Waals surface area contributed by atoms with Crippen molar-refractivity contribution in [1.82, 2.24) is 9.97 Å². The van der Waals surface area contributed by atoms with Gasteiger partial charge in [-0.05, 0) is 30.3 Å². The summed E-state index contributed by atoms with van der Waals surface area (Å²) in [5, 5.41) is 4.25. The van der Waals surface area contributed by atoms with Crippen molar-refractivity contribution in [2.75, 3.05) is 19.5 Å². The number of nitrogens with one attached hydrogen (secondary N) is 1. The van der Waals surface area contributed by atoms with E-state index in [1.54, 1.807) is 14.2 Å². The minimum Gasteiger partial charge on any atom is -0.493 e. The monoisotopic (exact) mass is 435 g/mol. The lowest BCUT2D eigenvalue weighted by molar-refractivity contribution is 0.356. The summed E-state index contributed by atoms with van der Waals surface area (Å²) in [5.74, 6) is 1.73. The topological polar surface area (TPSA) is 56.3 Å². The van der Waals surface area contributed by atoms with E-state index < -0.39 is 0 Å². The molecule has 0 aliphatic carbocycles. The number of anilines is 2. The molecular weight excluding hydrogens is 418 g/mol. The highest BCUT2D eigenvalue weighted by Crippen LogP contribution is 2.37. The van der Waals surface area contributed by atoms with Gasteiger partial charge in [-0.2, -0.15) is 0 Å². The Morgan fingerprint density at radius 3 is 2.43 bits per heavy atom. The average molecular weight is 436 g/mol. The fraction of sp³-hybridized carbons (Fsp3) is 0.0909. The zero-order valence-corrected chi connectivity index (χ0v) is 17.0. The number of halogens is 1. The van der Waals surface area contributed by atoms with Crippen LogP contribution in [0.1, 0.15) is 0 Å². The molecular formula is C22H18BrN3O2. The van der Waals surface area contributed by atoms with E-state index in [1.165, 1.54) is 0 Å². The quantitative estimate of drug-likeness (QED) is 0.427. The van der Waals surface area contributed by atoms with Gasteiger partial charge < -0.3 is 14.8 Å². The molecule has 6 heteroatoms. The number of benzene rings is 3. The van der Waals surface area contributed by atoms with Crippen LogP contribution in [0.3, 0.4) is 0 Å². The normalized spacial score (nSPS) is 10.7. The van der Waals surface area contributed by atoms with Crippen LogP contribution in [0.25, 0.3) is 22.2 Å². The Kier molecular flexibility index (Phi) is 5.12. The van der Waals surface area contributed by atoms with Crippen LogP contribution in [-0.4, -0.2) is 24.2 Å². The van der Waals surface area contributed by atoms with Crippen LogP contribution in [0.2, 0.25) is 0 Å². The van der Waals surface area contributed by atoms with Gasteiger partial charge in [0.25, 0.3) is 0 Å².